The molecule has 0 aromatic carbocycles. The van der Waals surface area contributed by atoms with Crippen LogP contribution in [0.1, 0.15) is 44.8 Å². The molecule has 1 aromatic rings. The van der Waals surface area contributed by atoms with Crippen LogP contribution in [0.2, 0.25) is 0 Å². The third-order valence-corrected chi connectivity index (χ3v) is 2.56. The Hall–Kier alpha value is -1.20. The van der Waals surface area contributed by atoms with Gasteiger partial charge >= 0.3 is 0 Å². The molecule has 1 aromatic heterocycles. The molecule has 96 valence electrons. The molecule has 1 heterocycles. The maximum atomic E-state index is 5.44. The standard InChI is InChI=1S/C12H22N4O/c1-5-6-9-7-10(16-13)15-12(14-9)11(17-4)8(2)3/h7-8,11H,5-6,13H2,1-4H3,(H,14,15,16). The molecule has 5 nitrogen and oxygen atoms in total. The van der Waals surface area contributed by atoms with Crippen molar-refractivity contribution in [1.29, 1.82) is 0 Å². The van der Waals surface area contributed by atoms with E-state index in [1.807, 2.05) is 6.07 Å². The summed E-state index contributed by atoms with van der Waals surface area (Å²) < 4.78 is 5.44. The van der Waals surface area contributed by atoms with E-state index in [-0.39, 0.29) is 6.10 Å². The monoisotopic (exact) mass is 238 g/mol. The first kappa shape index (κ1) is 13.9. The van der Waals surface area contributed by atoms with Gasteiger partial charge in [0.25, 0.3) is 0 Å². The van der Waals surface area contributed by atoms with Crippen molar-refractivity contribution in [3.63, 3.8) is 0 Å². The Morgan fingerprint density at radius 2 is 2.12 bits per heavy atom. The quantitative estimate of drug-likeness (QED) is 0.586. The highest BCUT2D eigenvalue weighted by Gasteiger charge is 2.19. The molecule has 5 heteroatoms. The van der Waals surface area contributed by atoms with Crippen LogP contribution in [0.4, 0.5) is 5.82 Å². The van der Waals surface area contributed by atoms with E-state index in [1.165, 1.54) is 0 Å². The minimum Gasteiger partial charge on any atom is -0.373 e. The highest BCUT2D eigenvalue weighted by Crippen LogP contribution is 2.23. The second kappa shape index (κ2) is 6.51. The van der Waals surface area contributed by atoms with Gasteiger partial charge in [-0.1, -0.05) is 27.2 Å². The van der Waals surface area contributed by atoms with Gasteiger partial charge in [0.1, 0.15) is 11.9 Å². The highest BCUT2D eigenvalue weighted by atomic mass is 16.5. The molecule has 1 unspecified atom stereocenters. The molecule has 0 amide bonds. The third-order valence-electron chi connectivity index (χ3n) is 2.56. The van der Waals surface area contributed by atoms with Crippen molar-refractivity contribution in [2.24, 2.45) is 11.8 Å². The number of aryl methyl sites for hydroxylation is 1. The summed E-state index contributed by atoms with van der Waals surface area (Å²) in [5.74, 6) is 7.08. The van der Waals surface area contributed by atoms with Gasteiger partial charge in [-0.2, -0.15) is 0 Å². The smallest absolute Gasteiger partial charge is 0.160 e. The summed E-state index contributed by atoms with van der Waals surface area (Å²) in [4.78, 5) is 8.89. The minimum absolute atomic E-state index is 0.0982. The number of nitrogen functional groups attached to an aromatic ring is 1. The van der Waals surface area contributed by atoms with Gasteiger partial charge < -0.3 is 10.2 Å². The first-order valence-electron chi connectivity index (χ1n) is 5.99. The van der Waals surface area contributed by atoms with E-state index in [1.54, 1.807) is 7.11 Å². The van der Waals surface area contributed by atoms with Crippen LogP contribution >= 0.6 is 0 Å². The van der Waals surface area contributed by atoms with Crippen molar-refractivity contribution in [3.8, 4) is 0 Å². The molecular weight excluding hydrogens is 216 g/mol. The zero-order valence-corrected chi connectivity index (χ0v) is 11.0. The maximum absolute atomic E-state index is 5.44. The Kier molecular flexibility index (Phi) is 5.31. The van der Waals surface area contributed by atoms with E-state index < -0.39 is 0 Å². The molecule has 0 spiro atoms. The van der Waals surface area contributed by atoms with Gasteiger partial charge in [0.2, 0.25) is 0 Å². The van der Waals surface area contributed by atoms with Gasteiger partial charge in [0.05, 0.1) is 0 Å². The second-order valence-corrected chi connectivity index (χ2v) is 4.40. The summed E-state index contributed by atoms with van der Waals surface area (Å²) in [7, 11) is 1.68. The third kappa shape index (κ3) is 3.64. The molecule has 0 bridgehead atoms. The number of nitrogens with two attached hydrogens (primary N) is 1. The van der Waals surface area contributed by atoms with Crippen molar-refractivity contribution >= 4 is 5.82 Å². The van der Waals surface area contributed by atoms with Crippen molar-refractivity contribution in [2.75, 3.05) is 12.5 Å². The molecule has 1 rings (SSSR count). The average Bonchev–Trinajstić information content (AvgIpc) is 2.29. The molecular formula is C12H22N4O. The lowest BCUT2D eigenvalue weighted by Gasteiger charge is -2.19. The molecule has 17 heavy (non-hydrogen) atoms. The van der Waals surface area contributed by atoms with Crippen LogP contribution in [0, 0.1) is 5.92 Å². The number of ether oxygens (including phenoxy) is 1. The summed E-state index contributed by atoms with van der Waals surface area (Å²) >= 11 is 0. The molecule has 0 radical (unpaired) electrons. The first-order valence-corrected chi connectivity index (χ1v) is 5.99. The highest BCUT2D eigenvalue weighted by molar-refractivity contribution is 5.34. The summed E-state index contributed by atoms with van der Waals surface area (Å²) in [6.07, 6.45) is 1.86. The van der Waals surface area contributed by atoms with Gasteiger partial charge in [-0.05, 0) is 12.3 Å². The summed E-state index contributed by atoms with van der Waals surface area (Å²) in [6.45, 7) is 6.28. The Balaban J connectivity index is 3.08. The molecule has 1 atom stereocenters. The van der Waals surface area contributed by atoms with E-state index in [0.29, 0.717) is 17.6 Å². The second-order valence-electron chi connectivity index (χ2n) is 4.40. The fourth-order valence-electron chi connectivity index (χ4n) is 1.78. The molecule has 0 aliphatic carbocycles. The molecule has 0 aliphatic heterocycles. The van der Waals surface area contributed by atoms with Gasteiger partial charge in [-0.25, -0.2) is 15.8 Å². The van der Waals surface area contributed by atoms with Gasteiger partial charge in [0, 0.05) is 18.9 Å². The summed E-state index contributed by atoms with van der Waals surface area (Å²) in [5, 5.41) is 0. The average molecular weight is 238 g/mol. The fourth-order valence-corrected chi connectivity index (χ4v) is 1.78. The number of anilines is 1. The van der Waals surface area contributed by atoms with Crippen LogP contribution in [0.25, 0.3) is 0 Å². The Morgan fingerprint density at radius 1 is 1.41 bits per heavy atom. The van der Waals surface area contributed by atoms with E-state index in [4.69, 9.17) is 10.6 Å². The molecule has 3 N–H and O–H groups in total. The lowest BCUT2D eigenvalue weighted by Crippen LogP contribution is -2.17. The van der Waals surface area contributed by atoms with Crippen LogP contribution < -0.4 is 11.3 Å². The largest absolute Gasteiger partial charge is 0.373 e. The predicted molar refractivity (Wildman–Crippen MR) is 68.4 cm³/mol. The van der Waals surface area contributed by atoms with Gasteiger partial charge in [0.15, 0.2) is 5.82 Å². The van der Waals surface area contributed by atoms with E-state index in [0.717, 1.165) is 18.5 Å². The summed E-state index contributed by atoms with van der Waals surface area (Å²) in [5.41, 5.74) is 3.57. The molecule has 0 saturated carbocycles. The molecule has 0 saturated heterocycles. The number of nitrogens with one attached hydrogen (secondary N) is 1. The Morgan fingerprint density at radius 3 is 2.59 bits per heavy atom. The number of hydrogen-bond donors (Lipinski definition) is 2. The van der Waals surface area contributed by atoms with E-state index >= 15 is 0 Å². The lowest BCUT2D eigenvalue weighted by molar-refractivity contribution is 0.0574. The van der Waals surface area contributed by atoms with Crippen LogP contribution in [-0.4, -0.2) is 17.1 Å². The minimum atomic E-state index is -0.0982. The van der Waals surface area contributed by atoms with E-state index in [2.05, 4.69) is 36.2 Å². The van der Waals surface area contributed by atoms with Gasteiger partial charge in [-0.3, -0.25) is 0 Å². The summed E-state index contributed by atoms with van der Waals surface area (Å²) in [6, 6.07) is 1.88. The SMILES string of the molecule is CCCc1cc(NN)nc(C(OC)C(C)C)n1. The zero-order valence-electron chi connectivity index (χ0n) is 11.0. The normalized spacial score (nSPS) is 12.8. The maximum Gasteiger partial charge on any atom is 0.160 e. The number of hydrazine groups is 1. The topological polar surface area (TPSA) is 73.1 Å². The Labute approximate surface area is 103 Å². The first-order chi connectivity index (χ1) is 8.12. The van der Waals surface area contributed by atoms with Crippen molar-refractivity contribution < 1.29 is 4.74 Å². The Bertz CT molecular complexity index is 354. The van der Waals surface area contributed by atoms with Crippen molar-refractivity contribution in [3.05, 3.63) is 17.6 Å². The van der Waals surface area contributed by atoms with Crippen molar-refractivity contribution in [1.82, 2.24) is 9.97 Å². The predicted octanol–water partition coefficient (Wildman–Crippen LogP) is 2.06. The van der Waals surface area contributed by atoms with Crippen LogP contribution in [0.15, 0.2) is 6.07 Å². The fraction of sp³-hybridized carbons (Fsp3) is 0.667. The molecule has 0 fully saturated rings. The van der Waals surface area contributed by atoms with Crippen LogP contribution in [0.5, 0.6) is 0 Å². The van der Waals surface area contributed by atoms with Crippen molar-refractivity contribution in [2.45, 2.75) is 39.7 Å². The van der Waals surface area contributed by atoms with E-state index in [9.17, 15) is 0 Å². The zero-order chi connectivity index (χ0) is 12.8. The number of methoxy groups -OCH3 is 1. The number of hydrogen-bond acceptors (Lipinski definition) is 5. The molecule has 0 aliphatic rings. The van der Waals surface area contributed by atoms with Crippen LogP contribution in [-0.2, 0) is 11.2 Å². The number of aromatic nitrogens is 2. The number of nitrogens with zero attached hydrogens (tertiary/aromatic N) is 2. The number of rotatable bonds is 6. The van der Waals surface area contributed by atoms with Gasteiger partial charge in [-0.15, -0.1) is 0 Å². The lowest BCUT2D eigenvalue weighted by atomic mass is 10.1. The van der Waals surface area contributed by atoms with Crippen LogP contribution in [0.3, 0.4) is 0 Å².